The van der Waals surface area contributed by atoms with Crippen LogP contribution in [-0.4, -0.2) is 15.0 Å². The van der Waals surface area contributed by atoms with Crippen molar-refractivity contribution in [2.24, 2.45) is 0 Å². The van der Waals surface area contributed by atoms with Crippen LogP contribution in [0.25, 0.3) is 11.5 Å². The van der Waals surface area contributed by atoms with Crippen molar-refractivity contribution in [3.63, 3.8) is 0 Å². The number of halogens is 5. The number of H-pyrrole nitrogens is 1. The molecule has 0 amide bonds. The Balaban J connectivity index is 2.12. The lowest BCUT2D eigenvalue weighted by Gasteiger charge is -2.13. The maximum Gasteiger partial charge on any atom is 0.433 e. The van der Waals surface area contributed by atoms with E-state index >= 15 is 0 Å². The average Bonchev–Trinajstić information content (AvgIpc) is 2.59. The van der Waals surface area contributed by atoms with Gasteiger partial charge >= 0.3 is 6.18 Å². The van der Waals surface area contributed by atoms with Crippen LogP contribution in [0.15, 0.2) is 47.4 Å². The molecule has 1 N–H and O–H groups in total. The first-order valence-electron chi connectivity index (χ1n) is 7.31. The molecule has 2 aromatic heterocycles. The number of hydrogen-bond acceptors (Lipinski definition) is 3. The summed E-state index contributed by atoms with van der Waals surface area (Å²) in [5.41, 5.74) is -2.11. The van der Waals surface area contributed by atoms with Crippen LogP contribution < -0.4 is 5.56 Å². The van der Waals surface area contributed by atoms with Crippen LogP contribution in [0.1, 0.15) is 16.8 Å². The van der Waals surface area contributed by atoms with Crippen molar-refractivity contribution in [1.82, 2.24) is 15.0 Å². The molecule has 0 saturated heterocycles. The van der Waals surface area contributed by atoms with E-state index in [1.54, 1.807) is 12.1 Å². The van der Waals surface area contributed by atoms with Gasteiger partial charge in [0.05, 0.1) is 15.6 Å². The maximum absolute atomic E-state index is 13.5. The van der Waals surface area contributed by atoms with Crippen LogP contribution >= 0.6 is 23.2 Å². The molecule has 2 heterocycles. The molecule has 0 bridgehead atoms. The van der Waals surface area contributed by atoms with Crippen molar-refractivity contribution in [2.45, 2.75) is 12.6 Å². The zero-order chi connectivity index (χ0) is 18.9. The van der Waals surface area contributed by atoms with Gasteiger partial charge in [-0.05, 0) is 29.8 Å². The number of aromatic amines is 1. The predicted molar refractivity (Wildman–Crippen MR) is 92.4 cm³/mol. The maximum atomic E-state index is 13.5. The Morgan fingerprint density at radius 1 is 1.08 bits per heavy atom. The second-order valence-corrected chi connectivity index (χ2v) is 6.19. The van der Waals surface area contributed by atoms with Crippen molar-refractivity contribution in [3.05, 3.63) is 79.8 Å². The fourth-order valence-corrected chi connectivity index (χ4v) is 2.69. The van der Waals surface area contributed by atoms with Crippen LogP contribution in [0.2, 0.25) is 10.0 Å². The van der Waals surface area contributed by atoms with E-state index in [0.29, 0.717) is 5.56 Å². The Hall–Kier alpha value is -2.38. The fraction of sp³-hybridized carbons (Fsp3) is 0.118. The Bertz CT molecular complexity index is 1000. The number of pyridine rings is 1. The molecule has 134 valence electrons. The number of alkyl halides is 3. The van der Waals surface area contributed by atoms with E-state index in [1.807, 2.05) is 0 Å². The van der Waals surface area contributed by atoms with Crippen LogP contribution in [0.4, 0.5) is 13.2 Å². The van der Waals surface area contributed by atoms with E-state index < -0.39 is 23.0 Å². The molecule has 9 heteroatoms. The Morgan fingerprint density at radius 3 is 2.46 bits per heavy atom. The third-order valence-corrected chi connectivity index (χ3v) is 4.30. The van der Waals surface area contributed by atoms with Gasteiger partial charge in [0.25, 0.3) is 5.56 Å². The number of benzene rings is 1. The monoisotopic (exact) mass is 399 g/mol. The summed E-state index contributed by atoms with van der Waals surface area (Å²) in [7, 11) is 0. The van der Waals surface area contributed by atoms with Gasteiger partial charge in [0, 0.05) is 12.6 Å². The molecule has 0 atom stereocenters. The lowest BCUT2D eigenvalue weighted by Crippen LogP contribution is -2.24. The van der Waals surface area contributed by atoms with Gasteiger partial charge in [-0.25, -0.2) is 4.98 Å². The lowest BCUT2D eigenvalue weighted by molar-refractivity contribution is -0.141. The van der Waals surface area contributed by atoms with Gasteiger partial charge in [-0.1, -0.05) is 35.3 Å². The standard InChI is InChI=1S/C17H10Cl2F3N3O/c18-11-5-4-9(8-12(11)19)7-10-14(17(20,21)22)24-15(25-16(10)26)13-3-1-2-6-23-13/h1-6,8H,7H2,(H,24,25,26). The normalized spacial score (nSPS) is 11.6. The zero-order valence-electron chi connectivity index (χ0n) is 12.9. The van der Waals surface area contributed by atoms with E-state index in [2.05, 4.69) is 15.0 Å². The molecular weight excluding hydrogens is 390 g/mol. The fourth-order valence-electron chi connectivity index (χ4n) is 2.37. The number of aromatic nitrogens is 3. The molecule has 0 fully saturated rings. The summed E-state index contributed by atoms with van der Waals surface area (Å²) >= 11 is 11.7. The van der Waals surface area contributed by atoms with Crippen LogP contribution in [0.5, 0.6) is 0 Å². The molecule has 0 saturated carbocycles. The van der Waals surface area contributed by atoms with Gasteiger partial charge in [0.15, 0.2) is 11.5 Å². The minimum atomic E-state index is -4.80. The van der Waals surface area contributed by atoms with E-state index in [1.165, 1.54) is 30.5 Å². The quantitative estimate of drug-likeness (QED) is 0.691. The first-order valence-corrected chi connectivity index (χ1v) is 8.07. The highest BCUT2D eigenvalue weighted by Crippen LogP contribution is 2.32. The topological polar surface area (TPSA) is 58.6 Å². The molecule has 0 aliphatic rings. The SMILES string of the molecule is O=c1[nH]c(-c2ccccn2)nc(C(F)(F)F)c1Cc1ccc(Cl)c(Cl)c1. The van der Waals surface area contributed by atoms with Gasteiger partial charge in [0.2, 0.25) is 0 Å². The Labute approximate surface area is 155 Å². The Kier molecular flexibility index (Phi) is 5.02. The molecule has 0 aliphatic carbocycles. The van der Waals surface area contributed by atoms with Gasteiger partial charge in [-0.15, -0.1) is 0 Å². The van der Waals surface area contributed by atoms with Crippen molar-refractivity contribution >= 4 is 23.2 Å². The molecule has 0 spiro atoms. The van der Waals surface area contributed by atoms with Crippen LogP contribution in [0.3, 0.4) is 0 Å². The van der Waals surface area contributed by atoms with E-state index in [9.17, 15) is 18.0 Å². The highest BCUT2D eigenvalue weighted by molar-refractivity contribution is 6.42. The first kappa shape index (κ1) is 18.4. The van der Waals surface area contributed by atoms with Crippen molar-refractivity contribution in [1.29, 1.82) is 0 Å². The molecule has 0 aliphatic heterocycles. The largest absolute Gasteiger partial charge is 0.433 e. The number of rotatable bonds is 3. The summed E-state index contributed by atoms with van der Waals surface area (Å²) < 4.78 is 40.5. The summed E-state index contributed by atoms with van der Waals surface area (Å²) in [5, 5.41) is 0.455. The van der Waals surface area contributed by atoms with E-state index in [-0.39, 0.29) is 28.0 Å². The highest BCUT2D eigenvalue weighted by Gasteiger charge is 2.37. The lowest BCUT2D eigenvalue weighted by atomic mass is 10.0. The second kappa shape index (κ2) is 7.09. The minimum absolute atomic E-state index is 0.135. The van der Waals surface area contributed by atoms with Crippen LogP contribution in [-0.2, 0) is 12.6 Å². The summed E-state index contributed by atoms with van der Waals surface area (Å²) in [6.45, 7) is 0. The predicted octanol–water partition coefficient (Wildman–Crippen LogP) is 4.75. The molecule has 1 aromatic carbocycles. The van der Waals surface area contributed by atoms with Gasteiger partial charge in [-0.2, -0.15) is 13.2 Å². The molecule has 0 unspecified atom stereocenters. The van der Waals surface area contributed by atoms with Gasteiger partial charge in [0.1, 0.15) is 5.69 Å². The summed E-state index contributed by atoms with van der Waals surface area (Å²) in [6, 6.07) is 9.01. The van der Waals surface area contributed by atoms with Gasteiger partial charge in [-0.3, -0.25) is 9.78 Å². The third kappa shape index (κ3) is 3.89. The van der Waals surface area contributed by atoms with Crippen molar-refractivity contribution < 1.29 is 13.2 Å². The van der Waals surface area contributed by atoms with Crippen LogP contribution in [0, 0.1) is 0 Å². The Morgan fingerprint density at radius 2 is 1.85 bits per heavy atom. The number of hydrogen-bond donors (Lipinski definition) is 1. The van der Waals surface area contributed by atoms with Gasteiger partial charge < -0.3 is 4.98 Å². The highest BCUT2D eigenvalue weighted by atomic mass is 35.5. The molecule has 0 radical (unpaired) electrons. The first-order chi connectivity index (χ1) is 12.3. The molecule has 3 rings (SSSR count). The van der Waals surface area contributed by atoms with Crippen molar-refractivity contribution in [3.8, 4) is 11.5 Å². The number of nitrogens with zero attached hydrogens (tertiary/aromatic N) is 2. The second-order valence-electron chi connectivity index (χ2n) is 5.38. The summed E-state index contributed by atoms with van der Waals surface area (Å²) in [4.78, 5) is 22.2. The third-order valence-electron chi connectivity index (χ3n) is 3.56. The molecule has 26 heavy (non-hydrogen) atoms. The smallest absolute Gasteiger partial charge is 0.305 e. The summed E-state index contributed by atoms with van der Waals surface area (Å²) in [5.74, 6) is -0.249. The van der Waals surface area contributed by atoms with E-state index in [0.717, 1.165) is 0 Å². The summed E-state index contributed by atoms with van der Waals surface area (Å²) in [6.07, 6.45) is -3.70. The van der Waals surface area contributed by atoms with E-state index in [4.69, 9.17) is 23.2 Å². The molecule has 3 aromatic rings. The minimum Gasteiger partial charge on any atom is -0.305 e. The molecular formula is C17H10Cl2F3N3O. The van der Waals surface area contributed by atoms with Crippen molar-refractivity contribution in [2.75, 3.05) is 0 Å². The molecule has 4 nitrogen and oxygen atoms in total. The zero-order valence-corrected chi connectivity index (χ0v) is 14.5. The number of nitrogens with one attached hydrogen (secondary N) is 1. The average molecular weight is 400 g/mol.